The van der Waals surface area contributed by atoms with E-state index in [1.807, 2.05) is 26.0 Å². The van der Waals surface area contributed by atoms with E-state index in [1.165, 1.54) is 0 Å². The molecule has 5 nitrogen and oxygen atoms in total. The van der Waals surface area contributed by atoms with Gasteiger partial charge >= 0.3 is 0 Å². The molecule has 1 aromatic rings. The molecule has 0 heterocycles. The zero-order valence-corrected chi connectivity index (χ0v) is 15.4. The number of nitrogens with zero attached hydrogens (tertiary/aromatic N) is 1. The maximum Gasteiger partial charge on any atom is 0.191 e. The van der Waals surface area contributed by atoms with Crippen LogP contribution < -0.4 is 10.6 Å². The Labute approximate surface area is 148 Å². The molecule has 0 fully saturated rings. The lowest BCUT2D eigenvalue weighted by atomic mass is 10.1. The monoisotopic (exact) mass is 361 g/mol. The van der Waals surface area contributed by atoms with Gasteiger partial charge in [-0.25, -0.2) is 0 Å². The Balaban J connectivity index is 2.56. The number of benzene rings is 1. The highest BCUT2D eigenvalue weighted by atomic mass is 35.5. The average Bonchev–Trinajstić information content (AvgIpc) is 2.50. The van der Waals surface area contributed by atoms with E-state index >= 15 is 0 Å². The van der Waals surface area contributed by atoms with Gasteiger partial charge in [0.1, 0.15) is 0 Å². The molecule has 7 heteroatoms. The van der Waals surface area contributed by atoms with Crippen molar-refractivity contribution in [2.45, 2.75) is 19.9 Å². The third-order valence-corrected chi connectivity index (χ3v) is 3.63. The van der Waals surface area contributed by atoms with E-state index in [4.69, 9.17) is 32.7 Å². The Bertz CT molecular complexity index is 498. The summed E-state index contributed by atoms with van der Waals surface area (Å²) >= 11 is 12.2. The summed E-state index contributed by atoms with van der Waals surface area (Å²) in [5, 5.41) is 7.79. The fraction of sp³-hybridized carbons (Fsp3) is 0.562. The minimum Gasteiger partial charge on any atom is -0.382 e. The molecule has 0 aromatic heterocycles. The zero-order valence-electron chi connectivity index (χ0n) is 13.9. The molecule has 1 aromatic carbocycles. The van der Waals surface area contributed by atoms with E-state index in [0.29, 0.717) is 36.4 Å². The van der Waals surface area contributed by atoms with Crippen LogP contribution in [0.2, 0.25) is 10.0 Å². The van der Waals surface area contributed by atoms with E-state index < -0.39 is 0 Å². The maximum atomic E-state index is 6.24. The van der Waals surface area contributed by atoms with Gasteiger partial charge in [0, 0.05) is 23.7 Å². The molecule has 0 spiro atoms. The van der Waals surface area contributed by atoms with Crippen molar-refractivity contribution in [1.82, 2.24) is 10.6 Å². The minimum atomic E-state index is 0.00646. The SMILES string of the molecule is CCNC(=NCCOCCOC)NC(C)c1ccc(Cl)cc1Cl. The summed E-state index contributed by atoms with van der Waals surface area (Å²) < 4.78 is 10.3. The van der Waals surface area contributed by atoms with Crippen LogP contribution in [0.1, 0.15) is 25.5 Å². The lowest BCUT2D eigenvalue weighted by Gasteiger charge is -2.19. The molecule has 2 N–H and O–H groups in total. The molecule has 0 saturated heterocycles. The second-order valence-corrected chi connectivity index (χ2v) is 5.74. The number of rotatable bonds is 9. The normalized spacial score (nSPS) is 13.0. The van der Waals surface area contributed by atoms with Crippen LogP contribution in [0.15, 0.2) is 23.2 Å². The molecule has 0 aliphatic heterocycles. The van der Waals surface area contributed by atoms with Gasteiger partial charge in [-0.3, -0.25) is 4.99 Å². The van der Waals surface area contributed by atoms with Gasteiger partial charge in [-0.15, -0.1) is 0 Å². The topological polar surface area (TPSA) is 54.9 Å². The largest absolute Gasteiger partial charge is 0.382 e. The van der Waals surface area contributed by atoms with Crippen LogP contribution in [-0.2, 0) is 9.47 Å². The Hall–Kier alpha value is -1.01. The minimum absolute atomic E-state index is 0.00646. The zero-order chi connectivity index (χ0) is 17.1. The van der Waals surface area contributed by atoms with Gasteiger partial charge in [0.2, 0.25) is 0 Å². The number of nitrogens with one attached hydrogen (secondary N) is 2. The van der Waals surface area contributed by atoms with Crippen LogP contribution in [-0.4, -0.2) is 46.0 Å². The molecule has 0 radical (unpaired) electrons. The van der Waals surface area contributed by atoms with Crippen molar-refractivity contribution in [1.29, 1.82) is 0 Å². The summed E-state index contributed by atoms with van der Waals surface area (Å²) in [6.07, 6.45) is 0. The van der Waals surface area contributed by atoms with Gasteiger partial charge in [0.15, 0.2) is 5.96 Å². The summed E-state index contributed by atoms with van der Waals surface area (Å²) in [6.45, 7) is 7.11. The van der Waals surface area contributed by atoms with Crippen LogP contribution in [0.5, 0.6) is 0 Å². The molecule has 0 amide bonds. The molecule has 130 valence electrons. The van der Waals surface area contributed by atoms with Crippen LogP contribution in [0.25, 0.3) is 0 Å². The number of hydrogen-bond donors (Lipinski definition) is 2. The van der Waals surface area contributed by atoms with Crippen molar-refractivity contribution in [2.24, 2.45) is 4.99 Å². The first-order chi connectivity index (χ1) is 11.1. The number of aliphatic imine (C=N–C) groups is 1. The highest BCUT2D eigenvalue weighted by Gasteiger charge is 2.11. The van der Waals surface area contributed by atoms with Gasteiger partial charge in [0.25, 0.3) is 0 Å². The van der Waals surface area contributed by atoms with Gasteiger partial charge in [-0.05, 0) is 31.5 Å². The van der Waals surface area contributed by atoms with Crippen molar-refractivity contribution < 1.29 is 9.47 Å². The quantitative estimate of drug-likeness (QED) is 0.402. The van der Waals surface area contributed by atoms with Crippen LogP contribution >= 0.6 is 23.2 Å². The summed E-state index contributed by atoms with van der Waals surface area (Å²) in [4.78, 5) is 4.48. The van der Waals surface area contributed by atoms with Crippen molar-refractivity contribution in [3.05, 3.63) is 33.8 Å². The predicted octanol–water partition coefficient (Wildman–Crippen LogP) is 3.27. The Kier molecular flexibility index (Phi) is 10.0. The average molecular weight is 362 g/mol. The van der Waals surface area contributed by atoms with Gasteiger partial charge in [-0.1, -0.05) is 29.3 Å². The van der Waals surface area contributed by atoms with E-state index in [1.54, 1.807) is 13.2 Å². The van der Waals surface area contributed by atoms with Crippen LogP contribution in [0.3, 0.4) is 0 Å². The van der Waals surface area contributed by atoms with E-state index in [2.05, 4.69) is 15.6 Å². The fourth-order valence-corrected chi connectivity index (χ4v) is 2.49. The summed E-state index contributed by atoms with van der Waals surface area (Å²) in [5.41, 5.74) is 0.970. The molecule has 0 bridgehead atoms. The van der Waals surface area contributed by atoms with Gasteiger partial charge in [-0.2, -0.15) is 0 Å². The molecule has 1 unspecified atom stereocenters. The smallest absolute Gasteiger partial charge is 0.191 e. The van der Waals surface area contributed by atoms with Crippen molar-refractivity contribution in [2.75, 3.05) is 40.0 Å². The second-order valence-electron chi connectivity index (χ2n) is 4.90. The van der Waals surface area contributed by atoms with E-state index in [9.17, 15) is 0 Å². The highest BCUT2D eigenvalue weighted by molar-refractivity contribution is 6.35. The van der Waals surface area contributed by atoms with Crippen LogP contribution in [0, 0.1) is 0 Å². The van der Waals surface area contributed by atoms with Crippen molar-refractivity contribution in [3.63, 3.8) is 0 Å². The predicted molar refractivity (Wildman–Crippen MR) is 96.7 cm³/mol. The molecule has 0 saturated carbocycles. The Morgan fingerprint density at radius 2 is 2.04 bits per heavy atom. The molecule has 0 aliphatic carbocycles. The fourth-order valence-electron chi connectivity index (χ4n) is 1.92. The first-order valence-corrected chi connectivity index (χ1v) is 8.40. The first kappa shape index (κ1) is 20.0. The number of halogens is 2. The maximum absolute atomic E-state index is 6.24. The number of hydrogen-bond acceptors (Lipinski definition) is 3. The highest BCUT2D eigenvalue weighted by Crippen LogP contribution is 2.25. The molecule has 23 heavy (non-hydrogen) atoms. The number of ether oxygens (including phenoxy) is 2. The molecular weight excluding hydrogens is 337 g/mol. The third-order valence-electron chi connectivity index (χ3n) is 3.06. The summed E-state index contributed by atoms with van der Waals surface area (Å²) in [6, 6.07) is 5.49. The second kappa shape index (κ2) is 11.5. The third kappa shape index (κ3) is 7.88. The molecular formula is C16H25Cl2N3O2. The van der Waals surface area contributed by atoms with Gasteiger partial charge in [0.05, 0.1) is 32.4 Å². The lowest BCUT2D eigenvalue weighted by molar-refractivity contribution is 0.0748. The number of methoxy groups -OCH3 is 1. The Morgan fingerprint density at radius 1 is 1.26 bits per heavy atom. The van der Waals surface area contributed by atoms with Gasteiger partial charge < -0.3 is 20.1 Å². The molecule has 1 rings (SSSR count). The van der Waals surface area contributed by atoms with Crippen molar-refractivity contribution in [3.8, 4) is 0 Å². The van der Waals surface area contributed by atoms with E-state index in [-0.39, 0.29) is 6.04 Å². The van der Waals surface area contributed by atoms with Crippen LogP contribution in [0.4, 0.5) is 0 Å². The summed E-state index contributed by atoms with van der Waals surface area (Å²) in [5.74, 6) is 0.723. The van der Waals surface area contributed by atoms with Crippen molar-refractivity contribution >= 4 is 29.2 Å². The Morgan fingerprint density at radius 3 is 2.70 bits per heavy atom. The summed E-state index contributed by atoms with van der Waals surface area (Å²) in [7, 11) is 1.65. The molecule has 0 aliphatic rings. The standard InChI is InChI=1S/C16H25Cl2N3O2/c1-4-19-16(20-7-8-23-10-9-22-3)21-12(2)14-6-5-13(17)11-15(14)18/h5-6,11-12H,4,7-10H2,1-3H3,(H2,19,20,21). The number of guanidine groups is 1. The first-order valence-electron chi connectivity index (χ1n) is 7.65. The molecule has 1 atom stereocenters. The van der Waals surface area contributed by atoms with E-state index in [0.717, 1.165) is 18.1 Å². The lowest BCUT2D eigenvalue weighted by Crippen LogP contribution is -2.39.